The molecule has 0 N–H and O–H groups in total. The van der Waals surface area contributed by atoms with Gasteiger partial charge in [0.25, 0.3) is 0 Å². The molecular formula is C16H18OS2. The van der Waals surface area contributed by atoms with Crippen molar-refractivity contribution >= 4 is 28.5 Å². The summed E-state index contributed by atoms with van der Waals surface area (Å²) in [5.41, 5.74) is 2.34. The average molecular weight is 290 g/mol. The van der Waals surface area contributed by atoms with Crippen LogP contribution < -0.4 is 0 Å². The van der Waals surface area contributed by atoms with Crippen LogP contribution in [-0.4, -0.2) is 5.78 Å². The van der Waals surface area contributed by atoms with Crippen molar-refractivity contribution in [1.29, 1.82) is 0 Å². The fourth-order valence-corrected chi connectivity index (χ4v) is 5.33. The van der Waals surface area contributed by atoms with Crippen LogP contribution in [0, 0.1) is 19.3 Å². The second-order valence-electron chi connectivity index (χ2n) is 6.09. The molecule has 3 heteroatoms. The fraction of sp³-hybridized carbons (Fsp3) is 0.438. The van der Waals surface area contributed by atoms with E-state index in [-0.39, 0.29) is 11.3 Å². The highest BCUT2D eigenvalue weighted by Crippen LogP contribution is 2.60. The van der Waals surface area contributed by atoms with E-state index in [0.717, 1.165) is 0 Å². The zero-order valence-corrected chi connectivity index (χ0v) is 13.3. The largest absolute Gasteiger partial charge is 0.298 e. The molecule has 2 aromatic rings. The van der Waals surface area contributed by atoms with Crippen LogP contribution in [0.15, 0.2) is 22.9 Å². The van der Waals surface area contributed by atoms with Crippen molar-refractivity contribution in [1.82, 2.24) is 0 Å². The summed E-state index contributed by atoms with van der Waals surface area (Å²) in [5.74, 6) is 0.814. The third-order valence-electron chi connectivity index (χ3n) is 4.14. The first-order chi connectivity index (χ1) is 8.91. The molecule has 100 valence electrons. The Bertz CT molecular complexity index is 633. The molecule has 0 unspecified atom stereocenters. The number of carbonyl (C=O) groups is 1. The second kappa shape index (κ2) is 4.29. The highest BCUT2D eigenvalue weighted by Gasteiger charge is 2.57. The molecule has 0 bridgehead atoms. The number of hydrogen-bond acceptors (Lipinski definition) is 3. The van der Waals surface area contributed by atoms with Gasteiger partial charge in [-0.05, 0) is 47.9 Å². The lowest BCUT2D eigenvalue weighted by atomic mass is 9.53. The minimum atomic E-state index is -0.222. The predicted molar refractivity (Wildman–Crippen MR) is 82.4 cm³/mol. The third-order valence-corrected chi connectivity index (χ3v) is 6.41. The van der Waals surface area contributed by atoms with Crippen molar-refractivity contribution in [3.63, 3.8) is 0 Å². The molecule has 1 fully saturated rings. The van der Waals surface area contributed by atoms with Crippen LogP contribution in [0.3, 0.4) is 0 Å². The molecule has 2 heterocycles. The molecule has 0 aromatic carbocycles. The van der Waals surface area contributed by atoms with Crippen molar-refractivity contribution in [3.8, 4) is 0 Å². The third kappa shape index (κ3) is 1.91. The summed E-state index contributed by atoms with van der Waals surface area (Å²) in [4.78, 5) is 15.1. The van der Waals surface area contributed by atoms with Gasteiger partial charge in [0.05, 0.1) is 5.92 Å². The maximum atomic E-state index is 12.5. The Labute approximate surface area is 122 Å². The van der Waals surface area contributed by atoms with Gasteiger partial charge in [-0.25, -0.2) is 0 Å². The molecule has 1 aliphatic rings. The van der Waals surface area contributed by atoms with E-state index in [1.807, 2.05) is 0 Å². The molecule has 1 aliphatic carbocycles. The number of rotatable bonds is 2. The topological polar surface area (TPSA) is 17.1 Å². The van der Waals surface area contributed by atoms with E-state index in [4.69, 9.17) is 0 Å². The number of Topliss-reactive ketones (excluding diaryl/α,β-unsaturated/α-hetero) is 1. The van der Waals surface area contributed by atoms with Gasteiger partial charge in [0.2, 0.25) is 0 Å². The molecule has 2 atom stereocenters. The average Bonchev–Trinajstić information content (AvgIpc) is 2.94. The summed E-state index contributed by atoms with van der Waals surface area (Å²) in [6.45, 7) is 8.40. The van der Waals surface area contributed by atoms with Gasteiger partial charge in [-0.15, -0.1) is 22.7 Å². The van der Waals surface area contributed by atoms with Gasteiger partial charge < -0.3 is 0 Å². The van der Waals surface area contributed by atoms with Crippen molar-refractivity contribution in [2.75, 3.05) is 0 Å². The fourth-order valence-electron chi connectivity index (χ4n) is 3.07. The van der Waals surface area contributed by atoms with Crippen molar-refractivity contribution in [2.24, 2.45) is 5.41 Å². The Hall–Kier alpha value is -0.930. The SMILES string of the molecule is Cc1csc([C@@H]2C(=O)C(C)(C)[C@H]2c2cc(C)cs2)c1. The summed E-state index contributed by atoms with van der Waals surface area (Å²) in [6, 6.07) is 4.42. The van der Waals surface area contributed by atoms with E-state index in [1.165, 1.54) is 20.9 Å². The zero-order valence-electron chi connectivity index (χ0n) is 11.7. The monoisotopic (exact) mass is 290 g/mol. The van der Waals surface area contributed by atoms with Gasteiger partial charge in [0.1, 0.15) is 5.78 Å². The highest BCUT2D eigenvalue weighted by molar-refractivity contribution is 7.11. The minimum absolute atomic E-state index is 0.0757. The van der Waals surface area contributed by atoms with E-state index in [0.29, 0.717) is 11.7 Å². The maximum Gasteiger partial charge on any atom is 0.148 e. The Morgan fingerprint density at radius 3 is 2.00 bits per heavy atom. The molecule has 0 saturated heterocycles. The molecule has 0 amide bonds. The Morgan fingerprint density at radius 2 is 1.53 bits per heavy atom. The minimum Gasteiger partial charge on any atom is -0.298 e. The number of carbonyl (C=O) groups excluding carboxylic acids is 1. The summed E-state index contributed by atoms with van der Waals surface area (Å²) < 4.78 is 0. The van der Waals surface area contributed by atoms with Crippen LogP contribution in [0.2, 0.25) is 0 Å². The molecular weight excluding hydrogens is 272 g/mol. The summed E-state index contributed by atoms with van der Waals surface area (Å²) in [7, 11) is 0. The number of hydrogen-bond donors (Lipinski definition) is 0. The number of aryl methyl sites for hydroxylation is 2. The first-order valence-electron chi connectivity index (χ1n) is 6.55. The molecule has 0 aliphatic heterocycles. The summed E-state index contributed by atoms with van der Waals surface area (Å²) >= 11 is 3.52. The van der Waals surface area contributed by atoms with Gasteiger partial charge in [0.15, 0.2) is 0 Å². The molecule has 1 saturated carbocycles. The van der Waals surface area contributed by atoms with Crippen molar-refractivity contribution in [2.45, 2.75) is 39.5 Å². The summed E-state index contributed by atoms with van der Waals surface area (Å²) in [6.07, 6.45) is 0. The lowest BCUT2D eigenvalue weighted by molar-refractivity contribution is -0.141. The van der Waals surface area contributed by atoms with Crippen LogP contribution in [-0.2, 0) is 4.79 Å². The van der Waals surface area contributed by atoms with E-state index >= 15 is 0 Å². The van der Waals surface area contributed by atoms with Gasteiger partial charge in [-0.3, -0.25) is 4.79 Å². The van der Waals surface area contributed by atoms with E-state index < -0.39 is 0 Å². The first kappa shape index (κ1) is 13.1. The smallest absolute Gasteiger partial charge is 0.148 e. The first-order valence-corrected chi connectivity index (χ1v) is 8.31. The molecule has 19 heavy (non-hydrogen) atoms. The number of thiophene rings is 2. The molecule has 0 spiro atoms. The van der Waals surface area contributed by atoms with E-state index in [9.17, 15) is 4.79 Å². The Balaban J connectivity index is 2.02. The van der Waals surface area contributed by atoms with Crippen LogP contribution in [0.25, 0.3) is 0 Å². The Morgan fingerprint density at radius 1 is 1.00 bits per heavy atom. The van der Waals surface area contributed by atoms with Gasteiger partial charge in [0, 0.05) is 21.1 Å². The van der Waals surface area contributed by atoms with E-state index in [1.54, 1.807) is 22.7 Å². The molecule has 1 nitrogen and oxygen atoms in total. The number of ketones is 1. The summed E-state index contributed by atoms with van der Waals surface area (Å²) in [5, 5.41) is 4.33. The molecule has 0 radical (unpaired) electrons. The maximum absolute atomic E-state index is 12.5. The molecule has 2 aromatic heterocycles. The van der Waals surface area contributed by atoms with Crippen LogP contribution in [0.5, 0.6) is 0 Å². The molecule has 3 rings (SSSR count). The van der Waals surface area contributed by atoms with Gasteiger partial charge in [-0.2, -0.15) is 0 Å². The zero-order chi connectivity index (χ0) is 13.8. The highest BCUT2D eigenvalue weighted by atomic mass is 32.1. The lowest BCUT2D eigenvalue weighted by Crippen LogP contribution is -2.50. The van der Waals surface area contributed by atoms with Gasteiger partial charge >= 0.3 is 0 Å². The standard InChI is InChI=1S/C16H18OS2/c1-9-5-11(18-7-9)13-14(16(3,4)15(13)17)12-6-10(2)8-19-12/h5-8,13-14H,1-4H3/t13-,14-/m0/s1. The van der Waals surface area contributed by atoms with E-state index in [2.05, 4.69) is 50.6 Å². The van der Waals surface area contributed by atoms with Gasteiger partial charge in [-0.1, -0.05) is 13.8 Å². The van der Waals surface area contributed by atoms with Crippen LogP contribution >= 0.6 is 22.7 Å². The Kier molecular flexibility index (Phi) is 2.95. The quantitative estimate of drug-likeness (QED) is 0.768. The normalized spacial score (nSPS) is 25.4. The van der Waals surface area contributed by atoms with Crippen molar-refractivity contribution < 1.29 is 4.79 Å². The second-order valence-corrected chi connectivity index (χ2v) is 7.98. The predicted octanol–water partition coefficient (Wildman–Crippen LogP) is 4.90. The van der Waals surface area contributed by atoms with Crippen LogP contribution in [0.1, 0.15) is 46.6 Å². The van der Waals surface area contributed by atoms with Crippen molar-refractivity contribution in [3.05, 3.63) is 43.8 Å². The van der Waals surface area contributed by atoms with Crippen LogP contribution in [0.4, 0.5) is 0 Å². The lowest BCUT2D eigenvalue weighted by Gasteiger charge is -2.48.